The lowest BCUT2D eigenvalue weighted by Crippen LogP contribution is -1.80. The number of allylic oxidation sites excluding steroid dienone is 1. The zero-order valence-electron chi connectivity index (χ0n) is 9.22. The van der Waals surface area contributed by atoms with Gasteiger partial charge in [0, 0.05) is 5.56 Å². The summed E-state index contributed by atoms with van der Waals surface area (Å²) in [5.74, 6) is 0.326. The van der Waals surface area contributed by atoms with E-state index in [0.717, 1.165) is 16.7 Å². The van der Waals surface area contributed by atoms with Gasteiger partial charge in [0.05, 0.1) is 0 Å². The second kappa shape index (κ2) is 4.67. The molecular formula is C15H14O. The maximum absolute atomic E-state index is 9.72. The monoisotopic (exact) mass is 210 g/mol. The molecule has 0 aliphatic carbocycles. The van der Waals surface area contributed by atoms with Crippen molar-refractivity contribution in [2.45, 2.75) is 6.92 Å². The van der Waals surface area contributed by atoms with Gasteiger partial charge in [-0.05, 0) is 24.1 Å². The summed E-state index contributed by atoms with van der Waals surface area (Å²) in [5, 5.41) is 9.72. The molecule has 80 valence electrons. The summed E-state index contributed by atoms with van der Waals surface area (Å²) in [7, 11) is 0. The molecule has 2 rings (SSSR count). The fourth-order valence-corrected chi connectivity index (χ4v) is 1.68. The lowest BCUT2D eigenvalue weighted by molar-refractivity contribution is 0.473. The smallest absolute Gasteiger partial charge is 0.123 e. The summed E-state index contributed by atoms with van der Waals surface area (Å²) >= 11 is 0. The standard InChI is InChI=1S/C15H14O/c1-12(11-13-7-3-2-4-8-13)14-9-5-6-10-15(14)16/h2-11,16H,1H3/b12-11+. The van der Waals surface area contributed by atoms with Gasteiger partial charge in [0.2, 0.25) is 0 Å². The van der Waals surface area contributed by atoms with Crippen molar-refractivity contribution < 1.29 is 5.11 Å². The Labute approximate surface area is 95.7 Å². The Morgan fingerprint density at radius 3 is 2.25 bits per heavy atom. The molecule has 0 radical (unpaired) electrons. The van der Waals surface area contributed by atoms with Crippen molar-refractivity contribution in [1.29, 1.82) is 0 Å². The van der Waals surface area contributed by atoms with E-state index in [1.165, 1.54) is 0 Å². The average molecular weight is 210 g/mol. The summed E-state index contributed by atoms with van der Waals surface area (Å²) < 4.78 is 0. The van der Waals surface area contributed by atoms with Crippen LogP contribution in [0.15, 0.2) is 54.6 Å². The van der Waals surface area contributed by atoms with Crippen LogP contribution in [0.1, 0.15) is 18.1 Å². The van der Waals surface area contributed by atoms with Crippen LogP contribution in [-0.4, -0.2) is 5.11 Å². The van der Waals surface area contributed by atoms with Crippen LogP contribution in [0.4, 0.5) is 0 Å². The molecule has 2 aromatic carbocycles. The Morgan fingerprint density at radius 1 is 0.938 bits per heavy atom. The molecular weight excluding hydrogens is 196 g/mol. The Morgan fingerprint density at radius 2 is 1.56 bits per heavy atom. The number of rotatable bonds is 2. The van der Waals surface area contributed by atoms with Gasteiger partial charge in [0.1, 0.15) is 5.75 Å². The molecule has 0 fully saturated rings. The SMILES string of the molecule is C/C(=C\c1ccccc1)c1ccccc1O. The van der Waals surface area contributed by atoms with Crippen LogP contribution < -0.4 is 0 Å². The van der Waals surface area contributed by atoms with E-state index in [-0.39, 0.29) is 0 Å². The van der Waals surface area contributed by atoms with Gasteiger partial charge in [-0.25, -0.2) is 0 Å². The zero-order chi connectivity index (χ0) is 11.4. The largest absolute Gasteiger partial charge is 0.507 e. The highest BCUT2D eigenvalue weighted by Gasteiger charge is 2.01. The first-order valence-corrected chi connectivity index (χ1v) is 5.29. The molecule has 0 unspecified atom stereocenters. The summed E-state index contributed by atoms with van der Waals surface area (Å²) in [4.78, 5) is 0. The Balaban J connectivity index is 2.36. The van der Waals surface area contributed by atoms with E-state index in [4.69, 9.17) is 0 Å². The molecule has 2 aromatic rings. The number of benzene rings is 2. The third-order valence-corrected chi connectivity index (χ3v) is 2.51. The maximum atomic E-state index is 9.72. The highest BCUT2D eigenvalue weighted by Crippen LogP contribution is 2.25. The molecule has 0 aliphatic heterocycles. The van der Waals surface area contributed by atoms with Crippen LogP contribution in [0.3, 0.4) is 0 Å². The minimum Gasteiger partial charge on any atom is -0.507 e. The third-order valence-electron chi connectivity index (χ3n) is 2.51. The number of aromatic hydroxyl groups is 1. The van der Waals surface area contributed by atoms with Gasteiger partial charge in [0.15, 0.2) is 0 Å². The summed E-state index contributed by atoms with van der Waals surface area (Å²) in [6.45, 7) is 2.00. The van der Waals surface area contributed by atoms with E-state index < -0.39 is 0 Å². The van der Waals surface area contributed by atoms with Gasteiger partial charge in [-0.2, -0.15) is 0 Å². The van der Waals surface area contributed by atoms with E-state index in [0.29, 0.717) is 5.75 Å². The van der Waals surface area contributed by atoms with Crippen LogP contribution in [0, 0.1) is 0 Å². The lowest BCUT2D eigenvalue weighted by atomic mass is 10.0. The molecule has 0 spiro atoms. The molecule has 0 saturated heterocycles. The second-order valence-corrected chi connectivity index (χ2v) is 3.76. The molecule has 0 aliphatic rings. The Bertz CT molecular complexity index is 498. The van der Waals surface area contributed by atoms with Crippen LogP contribution in [0.25, 0.3) is 11.6 Å². The van der Waals surface area contributed by atoms with Crippen molar-refractivity contribution in [2.24, 2.45) is 0 Å². The third kappa shape index (κ3) is 2.31. The molecule has 0 amide bonds. The quantitative estimate of drug-likeness (QED) is 0.744. The van der Waals surface area contributed by atoms with E-state index in [2.05, 4.69) is 6.08 Å². The van der Waals surface area contributed by atoms with Crippen molar-refractivity contribution in [3.63, 3.8) is 0 Å². The number of phenols is 1. The number of hydrogen-bond acceptors (Lipinski definition) is 1. The van der Waals surface area contributed by atoms with Gasteiger partial charge >= 0.3 is 0 Å². The highest BCUT2D eigenvalue weighted by atomic mass is 16.3. The summed E-state index contributed by atoms with van der Waals surface area (Å²) in [6.07, 6.45) is 2.06. The minimum absolute atomic E-state index is 0.326. The predicted octanol–water partition coefficient (Wildman–Crippen LogP) is 3.95. The predicted molar refractivity (Wildman–Crippen MR) is 68.1 cm³/mol. The first kappa shape index (κ1) is 10.5. The number of phenolic OH excluding ortho intramolecular Hbond substituents is 1. The summed E-state index contributed by atoms with van der Waals surface area (Å²) in [6, 6.07) is 17.5. The molecule has 0 aromatic heterocycles. The van der Waals surface area contributed by atoms with Crippen LogP contribution in [-0.2, 0) is 0 Å². The lowest BCUT2D eigenvalue weighted by Gasteiger charge is -2.04. The molecule has 1 N–H and O–H groups in total. The van der Waals surface area contributed by atoms with Crippen molar-refractivity contribution in [3.05, 3.63) is 65.7 Å². The van der Waals surface area contributed by atoms with E-state index in [1.807, 2.05) is 55.5 Å². The van der Waals surface area contributed by atoms with Crippen LogP contribution in [0.2, 0.25) is 0 Å². The molecule has 0 heterocycles. The molecule has 1 nitrogen and oxygen atoms in total. The van der Waals surface area contributed by atoms with E-state index in [9.17, 15) is 5.11 Å². The van der Waals surface area contributed by atoms with Crippen molar-refractivity contribution in [2.75, 3.05) is 0 Å². The second-order valence-electron chi connectivity index (χ2n) is 3.76. The highest BCUT2D eigenvalue weighted by molar-refractivity contribution is 5.82. The number of hydrogen-bond donors (Lipinski definition) is 1. The molecule has 0 atom stereocenters. The molecule has 0 saturated carbocycles. The van der Waals surface area contributed by atoms with Gasteiger partial charge in [-0.3, -0.25) is 0 Å². The normalized spacial score (nSPS) is 11.4. The van der Waals surface area contributed by atoms with E-state index >= 15 is 0 Å². The van der Waals surface area contributed by atoms with Crippen molar-refractivity contribution in [3.8, 4) is 5.75 Å². The number of para-hydroxylation sites is 1. The summed E-state index contributed by atoms with van der Waals surface area (Å²) in [5.41, 5.74) is 3.08. The van der Waals surface area contributed by atoms with E-state index in [1.54, 1.807) is 6.07 Å². The molecule has 1 heteroatoms. The maximum Gasteiger partial charge on any atom is 0.123 e. The zero-order valence-corrected chi connectivity index (χ0v) is 9.22. The van der Waals surface area contributed by atoms with Crippen LogP contribution >= 0.6 is 0 Å². The topological polar surface area (TPSA) is 20.2 Å². The first-order chi connectivity index (χ1) is 7.77. The first-order valence-electron chi connectivity index (χ1n) is 5.29. The minimum atomic E-state index is 0.326. The Hall–Kier alpha value is -2.02. The van der Waals surface area contributed by atoms with Crippen LogP contribution in [0.5, 0.6) is 5.75 Å². The average Bonchev–Trinajstić information content (AvgIpc) is 2.31. The fourth-order valence-electron chi connectivity index (χ4n) is 1.68. The van der Waals surface area contributed by atoms with Gasteiger partial charge < -0.3 is 5.11 Å². The molecule has 16 heavy (non-hydrogen) atoms. The van der Waals surface area contributed by atoms with Gasteiger partial charge in [-0.1, -0.05) is 54.6 Å². The van der Waals surface area contributed by atoms with Crippen molar-refractivity contribution in [1.82, 2.24) is 0 Å². The van der Waals surface area contributed by atoms with Gasteiger partial charge in [-0.15, -0.1) is 0 Å². The van der Waals surface area contributed by atoms with Crippen molar-refractivity contribution >= 4 is 11.6 Å². The Kier molecular flexibility index (Phi) is 3.06. The molecule has 0 bridgehead atoms. The fraction of sp³-hybridized carbons (Fsp3) is 0.0667. The van der Waals surface area contributed by atoms with Gasteiger partial charge in [0.25, 0.3) is 0 Å².